The van der Waals surface area contributed by atoms with Crippen molar-refractivity contribution in [1.82, 2.24) is 0 Å². The van der Waals surface area contributed by atoms with Crippen molar-refractivity contribution in [3.63, 3.8) is 0 Å². The zero-order valence-corrected chi connectivity index (χ0v) is 11.7. The Labute approximate surface area is 109 Å². The first-order valence-electron chi connectivity index (χ1n) is 6.19. The lowest BCUT2D eigenvalue weighted by Gasteiger charge is -2.22. The minimum absolute atomic E-state index is 0.0786. The maximum atomic E-state index is 9.48. The van der Waals surface area contributed by atoms with Crippen LogP contribution in [-0.4, -0.2) is 31.4 Å². The van der Waals surface area contributed by atoms with Gasteiger partial charge in [0.05, 0.1) is 18.9 Å². The van der Waals surface area contributed by atoms with E-state index in [1.807, 2.05) is 6.07 Å². The molecule has 0 aromatic heterocycles. The van der Waals surface area contributed by atoms with Crippen molar-refractivity contribution in [2.24, 2.45) is 5.73 Å². The second kappa shape index (κ2) is 6.07. The molecule has 1 aromatic carbocycles. The Hall–Kier alpha value is -1.26. The molecule has 0 fully saturated rings. The third kappa shape index (κ3) is 3.89. The largest absolute Gasteiger partial charge is 0.495 e. The van der Waals surface area contributed by atoms with Crippen molar-refractivity contribution in [3.8, 4) is 5.75 Å². The number of methoxy groups -OCH3 is 1. The van der Waals surface area contributed by atoms with Crippen molar-refractivity contribution >= 4 is 5.69 Å². The Morgan fingerprint density at radius 3 is 2.56 bits per heavy atom. The first-order valence-corrected chi connectivity index (χ1v) is 6.19. The molecule has 0 amide bonds. The monoisotopic (exact) mass is 252 g/mol. The van der Waals surface area contributed by atoms with Crippen molar-refractivity contribution in [2.45, 2.75) is 32.3 Å². The summed E-state index contributed by atoms with van der Waals surface area (Å²) in [4.78, 5) is 0. The molecule has 1 rings (SSSR count). The fraction of sp³-hybridized carbons (Fsp3) is 0.571. The molecule has 0 aliphatic rings. The number of nitrogens with two attached hydrogens (primary N) is 1. The summed E-state index contributed by atoms with van der Waals surface area (Å²) in [5, 5.41) is 12.7. The van der Waals surface area contributed by atoms with E-state index in [2.05, 4.69) is 38.2 Å². The molecule has 1 atom stereocenters. The van der Waals surface area contributed by atoms with E-state index in [9.17, 15) is 5.11 Å². The highest BCUT2D eigenvalue weighted by Crippen LogP contribution is 2.31. The molecule has 0 aliphatic heterocycles. The van der Waals surface area contributed by atoms with Gasteiger partial charge in [0.2, 0.25) is 0 Å². The van der Waals surface area contributed by atoms with Crippen molar-refractivity contribution in [1.29, 1.82) is 0 Å². The summed E-state index contributed by atoms with van der Waals surface area (Å²) in [6.07, 6.45) is -0.548. The van der Waals surface area contributed by atoms with E-state index in [0.29, 0.717) is 6.54 Å². The van der Waals surface area contributed by atoms with E-state index in [-0.39, 0.29) is 12.0 Å². The molecule has 4 nitrogen and oxygen atoms in total. The van der Waals surface area contributed by atoms with Gasteiger partial charge in [0.1, 0.15) is 5.75 Å². The van der Waals surface area contributed by atoms with Gasteiger partial charge in [0.25, 0.3) is 0 Å². The smallest absolute Gasteiger partial charge is 0.141 e. The molecule has 1 aromatic rings. The van der Waals surface area contributed by atoms with Gasteiger partial charge in [-0.25, -0.2) is 0 Å². The second-order valence-corrected chi connectivity index (χ2v) is 5.44. The summed E-state index contributed by atoms with van der Waals surface area (Å²) in [5.74, 6) is 0.771. The van der Waals surface area contributed by atoms with Crippen LogP contribution in [0.15, 0.2) is 18.2 Å². The van der Waals surface area contributed by atoms with Gasteiger partial charge in [0, 0.05) is 13.1 Å². The van der Waals surface area contributed by atoms with Gasteiger partial charge in [-0.1, -0.05) is 26.8 Å². The van der Waals surface area contributed by atoms with E-state index >= 15 is 0 Å². The van der Waals surface area contributed by atoms with Gasteiger partial charge >= 0.3 is 0 Å². The molecule has 4 heteroatoms. The lowest BCUT2D eigenvalue weighted by molar-refractivity contribution is 0.196. The average Bonchev–Trinajstić information content (AvgIpc) is 2.34. The third-order valence-corrected chi connectivity index (χ3v) is 2.87. The number of hydrogen-bond acceptors (Lipinski definition) is 4. The summed E-state index contributed by atoms with van der Waals surface area (Å²) in [7, 11) is 1.64. The summed E-state index contributed by atoms with van der Waals surface area (Å²) in [6.45, 7) is 7.14. The molecule has 18 heavy (non-hydrogen) atoms. The Bertz CT molecular complexity index is 386. The van der Waals surface area contributed by atoms with Crippen LogP contribution in [0.4, 0.5) is 5.69 Å². The van der Waals surface area contributed by atoms with Gasteiger partial charge in [0.15, 0.2) is 0 Å². The SMILES string of the molecule is COc1ccc(C(C)(C)C)cc1NCC(O)CN. The Morgan fingerprint density at radius 2 is 2.06 bits per heavy atom. The van der Waals surface area contributed by atoms with Crippen LogP contribution >= 0.6 is 0 Å². The zero-order chi connectivity index (χ0) is 13.8. The number of ether oxygens (including phenoxy) is 1. The second-order valence-electron chi connectivity index (χ2n) is 5.44. The standard InChI is InChI=1S/C14H24N2O2/c1-14(2,3)10-5-6-13(18-4)12(7-10)16-9-11(17)8-15/h5-7,11,16-17H,8-9,15H2,1-4H3. The Balaban J connectivity index is 2.92. The number of aliphatic hydroxyl groups excluding tert-OH is 1. The Morgan fingerprint density at radius 1 is 1.39 bits per heavy atom. The maximum Gasteiger partial charge on any atom is 0.141 e. The van der Waals surface area contributed by atoms with Gasteiger partial charge in [-0.15, -0.1) is 0 Å². The molecular formula is C14H24N2O2. The van der Waals surface area contributed by atoms with E-state index in [1.165, 1.54) is 5.56 Å². The fourth-order valence-corrected chi connectivity index (χ4v) is 1.62. The summed E-state index contributed by atoms with van der Waals surface area (Å²) < 4.78 is 5.30. The predicted octanol–water partition coefficient (Wildman–Crippen LogP) is 1.72. The summed E-state index contributed by atoms with van der Waals surface area (Å²) in [5.41, 5.74) is 7.57. The van der Waals surface area contributed by atoms with Crippen molar-refractivity contribution in [2.75, 3.05) is 25.5 Å². The minimum Gasteiger partial charge on any atom is -0.495 e. The van der Waals surface area contributed by atoms with E-state index in [1.54, 1.807) is 7.11 Å². The van der Waals surface area contributed by atoms with Gasteiger partial charge in [-0.05, 0) is 23.1 Å². The summed E-state index contributed by atoms with van der Waals surface area (Å²) in [6, 6.07) is 6.06. The average molecular weight is 252 g/mol. The van der Waals surface area contributed by atoms with E-state index in [0.717, 1.165) is 11.4 Å². The summed E-state index contributed by atoms with van der Waals surface area (Å²) >= 11 is 0. The molecule has 0 spiro atoms. The van der Waals surface area contributed by atoms with Crippen molar-refractivity contribution < 1.29 is 9.84 Å². The highest BCUT2D eigenvalue weighted by Gasteiger charge is 2.16. The highest BCUT2D eigenvalue weighted by molar-refractivity contribution is 5.59. The molecular weight excluding hydrogens is 228 g/mol. The molecule has 102 valence electrons. The maximum absolute atomic E-state index is 9.48. The minimum atomic E-state index is -0.548. The van der Waals surface area contributed by atoms with E-state index in [4.69, 9.17) is 10.5 Å². The van der Waals surface area contributed by atoms with E-state index < -0.39 is 6.10 Å². The van der Waals surface area contributed by atoms with Gasteiger partial charge in [-0.3, -0.25) is 0 Å². The number of benzene rings is 1. The lowest BCUT2D eigenvalue weighted by atomic mass is 9.87. The van der Waals surface area contributed by atoms with Gasteiger partial charge < -0.3 is 20.9 Å². The highest BCUT2D eigenvalue weighted by atomic mass is 16.5. The number of nitrogens with one attached hydrogen (secondary N) is 1. The van der Waals surface area contributed by atoms with Crippen LogP contribution in [0.5, 0.6) is 5.75 Å². The molecule has 1 unspecified atom stereocenters. The quantitative estimate of drug-likeness (QED) is 0.746. The Kier molecular flexibility index (Phi) is 4.99. The van der Waals surface area contributed by atoms with Crippen LogP contribution in [0.3, 0.4) is 0 Å². The topological polar surface area (TPSA) is 67.5 Å². The number of rotatable bonds is 5. The van der Waals surface area contributed by atoms with Crippen LogP contribution in [0.2, 0.25) is 0 Å². The first-order chi connectivity index (χ1) is 8.38. The molecule has 0 saturated heterocycles. The van der Waals surface area contributed by atoms with Crippen LogP contribution < -0.4 is 15.8 Å². The molecule has 4 N–H and O–H groups in total. The predicted molar refractivity (Wildman–Crippen MR) is 75.2 cm³/mol. The third-order valence-electron chi connectivity index (χ3n) is 2.87. The number of anilines is 1. The molecule has 0 heterocycles. The number of hydrogen-bond donors (Lipinski definition) is 3. The van der Waals surface area contributed by atoms with Crippen LogP contribution in [0.25, 0.3) is 0 Å². The number of aliphatic hydroxyl groups is 1. The normalized spacial score (nSPS) is 13.2. The zero-order valence-electron chi connectivity index (χ0n) is 11.7. The van der Waals surface area contributed by atoms with Crippen LogP contribution in [-0.2, 0) is 5.41 Å². The lowest BCUT2D eigenvalue weighted by Crippen LogP contribution is -2.28. The van der Waals surface area contributed by atoms with Crippen molar-refractivity contribution in [3.05, 3.63) is 23.8 Å². The molecule has 0 saturated carbocycles. The van der Waals surface area contributed by atoms with Crippen LogP contribution in [0.1, 0.15) is 26.3 Å². The van der Waals surface area contributed by atoms with Crippen LogP contribution in [0, 0.1) is 0 Å². The molecule has 0 aliphatic carbocycles. The fourth-order valence-electron chi connectivity index (χ4n) is 1.62. The molecule has 0 bridgehead atoms. The first kappa shape index (κ1) is 14.8. The molecule has 0 radical (unpaired) electrons. The van der Waals surface area contributed by atoms with Gasteiger partial charge in [-0.2, -0.15) is 0 Å².